The minimum atomic E-state index is -1.35. The van der Waals surface area contributed by atoms with Crippen molar-refractivity contribution in [1.82, 2.24) is 4.90 Å². The number of methoxy groups -OCH3 is 1. The molecule has 0 atom stereocenters. The van der Waals surface area contributed by atoms with Crippen molar-refractivity contribution in [2.24, 2.45) is 0 Å². The fraction of sp³-hybridized carbons (Fsp3) is 0.588. The molecule has 1 amide bonds. The van der Waals surface area contributed by atoms with Gasteiger partial charge in [0.2, 0.25) is 0 Å². The molecule has 0 unspecified atom stereocenters. The lowest BCUT2D eigenvalue weighted by atomic mass is 9.83. The number of nitrogens with zero attached hydrogens (tertiary/aromatic N) is 1. The number of piperidine rings is 1. The summed E-state index contributed by atoms with van der Waals surface area (Å²) >= 11 is 0. The average molecular weight is 325 g/mol. The van der Waals surface area contributed by atoms with Crippen LogP contribution in [0.1, 0.15) is 39.2 Å². The number of halogens is 1. The summed E-state index contributed by atoms with van der Waals surface area (Å²) in [6, 6.07) is 4.46. The lowest BCUT2D eigenvalue weighted by Gasteiger charge is -2.39. The first-order valence-corrected chi connectivity index (χ1v) is 7.69. The summed E-state index contributed by atoms with van der Waals surface area (Å²) in [4.78, 5) is 13.6. The van der Waals surface area contributed by atoms with E-state index in [1.54, 1.807) is 26.8 Å². The average Bonchev–Trinajstić information content (AvgIpc) is 2.45. The third-order valence-electron chi connectivity index (χ3n) is 3.90. The fourth-order valence-electron chi connectivity index (χ4n) is 2.76. The first-order valence-electron chi connectivity index (χ1n) is 7.69. The Balaban J connectivity index is 2.13. The molecule has 1 aliphatic rings. The highest BCUT2D eigenvalue weighted by molar-refractivity contribution is 5.68. The van der Waals surface area contributed by atoms with E-state index in [9.17, 15) is 14.3 Å². The minimum absolute atomic E-state index is 0.159. The van der Waals surface area contributed by atoms with Crippen LogP contribution in [0.4, 0.5) is 9.18 Å². The Morgan fingerprint density at radius 2 is 1.91 bits per heavy atom. The number of benzene rings is 1. The zero-order valence-electron chi connectivity index (χ0n) is 14.1. The highest BCUT2D eigenvalue weighted by Crippen LogP contribution is 2.39. The van der Waals surface area contributed by atoms with E-state index in [1.165, 1.54) is 24.1 Å². The van der Waals surface area contributed by atoms with Crippen molar-refractivity contribution in [1.29, 1.82) is 0 Å². The third kappa shape index (κ3) is 3.93. The predicted octanol–water partition coefficient (Wildman–Crippen LogP) is 3.05. The van der Waals surface area contributed by atoms with Crippen molar-refractivity contribution in [2.75, 3.05) is 20.2 Å². The first kappa shape index (κ1) is 17.5. The number of aliphatic hydroxyl groups is 1. The maximum atomic E-state index is 14.2. The second kappa shape index (κ2) is 6.35. The molecule has 1 N–H and O–H groups in total. The second-order valence-electron chi connectivity index (χ2n) is 6.82. The van der Waals surface area contributed by atoms with Crippen LogP contribution in [0.15, 0.2) is 18.2 Å². The van der Waals surface area contributed by atoms with Crippen molar-refractivity contribution >= 4 is 6.09 Å². The van der Waals surface area contributed by atoms with Gasteiger partial charge in [-0.05, 0) is 45.7 Å². The number of carbonyl (C=O) groups is 1. The number of hydrogen-bond donors (Lipinski definition) is 1. The second-order valence-corrected chi connectivity index (χ2v) is 6.82. The van der Waals surface area contributed by atoms with Crippen LogP contribution in [0.25, 0.3) is 0 Å². The van der Waals surface area contributed by atoms with Gasteiger partial charge >= 0.3 is 6.09 Å². The summed E-state index contributed by atoms with van der Waals surface area (Å²) in [6.07, 6.45) is 0.0348. The Kier molecular flexibility index (Phi) is 4.84. The predicted molar refractivity (Wildman–Crippen MR) is 83.9 cm³/mol. The van der Waals surface area contributed by atoms with Gasteiger partial charge in [-0.25, -0.2) is 9.18 Å². The van der Waals surface area contributed by atoms with Gasteiger partial charge in [0.05, 0.1) is 18.3 Å². The van der Waals surface area contributed by atoms with E-state index in [2.05, 4.69) is 0 Å². The van der Waals surface area contributed by atoms with Crippen molar-refractivity contribution in [3.8, 4) is 5.75 Å². The van der Waals surface area contributed by atoms with Crippen molar-refractivity contribution in [3.05, 3.63) is 29.6 Å². The molecular weight excluding hydrogens is 301 g/mol. The summed E-state index contributed by atoms with van der Waals surface area (Å²) in [6.45, 7) is 5.99. The van der Waals surface area contributed by atoms with Crippen LogP contribution >= 0.6 is 0 Å². The van der Waals surface area contributed by atoms with Gasteiger partial charge < -0.3 is 19.5 Å². The Morgan fingerprint density at radius 3 is 2.43 bits per heavy atom. The molecule has 2 rings (SSSR count). The van der Waals surface area contributed by atoms with E-state index in [4.69, 9.17) is 9.47 Å². The molecule has 6 heteroatoms. The highest BCUT2D eigenvalue weighted by Gasteiger charge is 2.40. The zero-order chi connectivity index (χ0) is 17.3. The molecule has 128 valence electrons. The van der Waals surface area contributed by atoms with Gasteiger partial charge in [0.1, 0.15) is 17.2 Å². The van der Waals surface area contributed by atoms with Gasteiger partial charge in [-0.15, -0.1) is 0 Å². The third-order valence-corrected chi connectivity index (χ3v) is 3.90. The van der Waals surface area contributed by atoms with Crippen LogP contribution < -0.4 is 4.74 Å². The lowest BCUT2D eigenvalue weighted by molar-refractivity contribution is -0.0385. The van der Waals surface area contributed by atoms with Crippen LogP contribution in [-0.2, 0) is 10.3 Å². The van der Waals surface area contributed by atoms with Crippen molar-refractivity contribution < 1.29 is 23.8 Å². The molecule has 0 radical (unpaired) electrons. The fourth-order valence-corrected chi connectivity index (χ4v) is 2.76. The van der Waals surface area contributed by atoms with E-state index < -0.39 is 23.1 Å². The summed E-state index contributed by atoms with van der Waals surface area (Å²) in [5, 5.41) is 10.9. The first-order chi connectivity index (χ1) is 10.7. The van der Waals surface area contributed by atoms with Gasteiger partial charge in [-0.1, -0.05) is 6.07 Å². The molecule has 1 fully saturated rings. The Bertz CT molecular complexity index is 574. The summed E-state index contributed by atoms with van der Waals surface area (Å²) in [7, 11) is 1.44. The summed E-state index contributed by atoms with van der Waals surface area (Å²) < 4.78 is 24.7. The number of likely N-dealkylation sites (tertiary alicyclic amines) is 1. The molecule has 5 nitrogen and oxygen atoms in total. The van der Waals surface area contributed by atoms with E-state index in [0.29, 0.717) is 18.8 Å². The van der Waals surface area contributed by atoms with Crippen LogP contribution in [0.3, 0.4) is 0 Å². The molecule has 1 aromatic rings. The Labute approximate surface area is 136 Å². The molecule has 0 aliphatic carbocycles. The Hall–Kier alpha value is -1.82. The van der Waals surface area contributed by atoms with Crippen LogP contribution in [0.5, 0.6) is 5.75 Å². The van der Waals surface area contributed by atoms with Gasteiger partial charge in [-0.3, -0.25) is 0 Å². The number of hydrogen-bond acceptors (Lipinski definition) is 4. The van der Waals surface area contributed by atoms with Gasteiger partial charge in [0.15, 0.2) is 0 Å². The number of amides is 1. The lowest BCUT2D eigenvalue weighted by Crippen LogP contribution is -2.47. The van der Waals surface area contributed by atoms with Crippen molar-refractivity contribution in [2.45, 2.75) is 44.8 Å². The van der Waals surface area contributed by atoms with E-state index in [0.717, 1.165) is 0 Å². The molecule has 0 saturated carbocycles. The molecule has 23 heavy (non-hydrogen) atoms. The van der Waals surface area contributed by atoms with Gasteiger partial charge in [0, 0.05) is 13.1 Å². The molecular formula is C17H24FNO4. The molecule has 1 heterocycles. The normalized spacial score (nSPS) is 17.7. The van der Waals surface area contributed by atoms with E-state index in [-0.39, 0.29) is 18.4 Å². The number of rotatable bonds is 2. The summed E-state index contributed by atoms with van der Waals surface area (Å²) in [5.41, 5.74) is -1.76. The molecule has 0 aromatic heterocycles. The quantitative estimate of drug-likeness (QED) is 0.908. The van der Waals surface area contributed by atoms with Crippen molar-refractivity contribution in [3.63, 3.8) is 0 Å². The van der Waals surface area contributed by atoms with Gasteiger partial charge in [-0.2, -0.15) is 0 Å². The number of ether oxygens (including phenoxy) is 2. The minimum Gasteiger partial charge on any atom is -0.496 e. The summed E-state index contributed by atoms with van der Waals surface area (Å²) in [5.74, 6) is -0.184. The molecule has 1 saturated heterocycles. The monoisotopic (exact) mass is 325 g/mol. The van der Waals surface area contributed by atoms with Crippen LogP contribution in [0.2, 0.25) is 0 Å². The smallest absolute Gasteiger partial charge is 0.410 e. The zero-order valence-corrected chi connectivity index (χ0v) is 14.1. The van der Waals surface area contributed by atoms with Crippen LogP contribution in [-0.4, -0.2) is 41.9 Å². The number of carbonyl (C=O) groups excluding carboxylic acids is 1. The molecule has 1 aromatic carbocycles. The van der Waals surface area contributed by atoms with Gasteiger partial charge in [0.25, 0.3) is 0 Å². The largest absolute Gasteiger partial charge is 0.496 e. The SMILES string of the molecule is COc1cccc(F)c1C1(O)CCN(C(=O)OC(C)(C)C)CC1. The molecule has 1 aliphatic heterocycles. The van der Waals surface area contributed by atoms with E-state index >= 15 is 0 Å². The van der Waals surface area contributed by atoms with Crippen LogP contribution in [0, 0.1) is 5.82 Å². The standard InChI is InChI=1S/C17H24FNO4/c1-16(2,3)23-15(20)19-10-8-17(21,9-11-19)14-12(18)6-5-7-13(14)22-4/h5-7,21H,8-11H2,1-4H3. The maximum absolute atomic E-state index is 14.2. The topological polar surface area (TPSA) is 59.0 Å². The molecule has 0 bridgehead atoms. The molecule has 0 spiro atoms. The highest BCUT2D eigenvalue weighted by atomic mass is 19.1. The van der Waals surface area contributed by atoms with E-state index in [1.807, 2.05) is 0 Å². The Morgan fingerprint density at radius 1 is 1.30 bits per heavy atom. The maximum Gasteiger partial charge on any atom is 0.410 e.